The second-order valence-electron chi connectivity index (χ2n) is 4.39. The third kappa shape index (κ3) is 5.77. The molecule has 0 amide bonds. The molecule has 5 nitrogen and oxygen atoms in total. The third-order valence-electron chi connectivity index (χ3n) is 2.79. The first-order valence-corrected chi connectivity index (χ1v) is 6.74. The summed E-state index contributed by atoms with van der Waals surface area (Å²) in [4.78, 5) is 0. The third-order valence-corrected chi connectivity index (χ3v) is 2.79. The van der Waals surface area contributed by atoms with Gasteiger partial charge >= 0.3 is 0 Å². The lowest BCUT2D eigenvalue weighted by Crippen LogP contribution is -2.08. The van der Waals surface area contributed by atoms with Crippen molar-refractivity contribution in [3.63, 3.8) is 0 Å². The van der Waals surface area contributed by atoms with Gasteiger partial charge in [-0.05, 0) is 19.1 Å². The van der Waals surface area contributed by atoms with Gasteiger partial charge in [-0.25, -0.2) is 0 Å². The predicted molar refractivity (Wildman–Crippen MR) is 76.4 cm³/mol. The Morgan fingerprint density at radius 2 is 1.90 bits per heavy atom. The molecular weight excluding hydrogens is 260 g/mol. The van der Waals surface area contributed by atoms with Crippen molar-refractivity contribution >= 4 is 0 Å². The fourth-order valence-electron chi connectivity index (χ4n) is 1.70. The van der Waals surface area contributed by atoms with E-state index in [1.54, 1.807) is 27.2 Å². The number of aliphatic hydroxyl groups excluding tert-OH is 1. The number of rotatable bonds is 10. The molecule has 0 saturated carbocycles. The summed E-state index contributed by atoms with van der Waals surface area (Å²) in [5.74, 6) is 1.36. The normalized spacial score (nSPS) is 12.2. The summed E-state index contributed by atoms with van der Waals surface area (Å²) in [7, 11) is 3.25. The fourth-order valence-corrected chi connectivity index (χ4v) is 1.70. The zero-order chi connectivity index (χ0) is 14.8. The van der Waals surface area contributed by atoms with Gasteiger partial charge in [-0.15, -0.1) is 0 Å². The van der Waals surface area contributed by atoms with Crippen LogP contribution in [-0.4, -0.2) is 45.8 Å². The van der Waals surface area contributed by atoms with E-state index in [0.717, 1.165) is 12.0 Å². The molecule has 1 unspecified atom stereocenters. The Hall–Kier alpha value is -1.30. The zero-order valence-electron chi connectivity index (χ0n) is 12.4. The average molecular weight is 284 g/mol. The highest BCUT2D eigenvalue weighted by atomic mass is 16.5. The summed E-state index contributed by atoms with van der Waals surface area (Å²) in [6.45, 7) is 4.05. The maximum absolute atomic E-state index is 9.71. The second-order valence-corrected chi connectivity index (χ2v) is 4.39. The van der Waals surface area contributed by atoms with Gasteiger partial charge in [0, 0.05) is 31.8 Å². The molecule has 0 aliphatic carbocycles. The van der Waals surface area contributed by atoms with Gasteiger partial charge in [0.2, 0.25) is 0 Å². The number of benzene rings is 1. The van der Waals surface area contributed by atoms with Crippen molar-refractivity contribution in [1.29, 1.82) is 0 Å². The van der Waals surface area contributed by atoms with Crippen LogP contribution < -0.4 is 9.47 Å². The summed E-state index contributed by atoms with van der Waals surface area (Å²) in [6.07, 6.45) is 0.203. The summed E-state index contributed by atoms with van der Waals surface area (Å²) in [5, 5.41) is 9.71. The van der Waals surface area contributed by atoms with Gasteiger partial charge in [0.15, 0.2) is 0 Å². The van der Waals surface area contributed by atoms with Crippen molar-refractivity contribution in [2.24, 2.45) is 0 Å². The molecule has 1 rings (SSSR count). The highest BCUT2D eigenvalue weighted by Crippen LogP contribution is 2.29. The van der Waals surface area contributed by atoms with Gasteiger partial charge in [0.1, 0.15) is 11.5 Å². The predicted octanol–water partition coefficient (Wildman–Crippen LogP) is 2.18. The quantitative estimate of drug-likeness (QED) is 0.667. The molecule has 0 bridgehead atoms. The molecule has 0 spiro atoms. The fraction of sp³-hybridized carbons (Fsp3) is 0.600. The van der Waals surface area contributed by atoms with Gasteiger partial charge in [0.25, 0.3) is 0 Å². The van der Waals surface area contributed by atoms with Gasteiger partial charge in [0.05, 0.1) is 33.0 Å². The highest BCUT2D eigenvalue weighted by Gasteiger charge is 2.10. The van der Waals surface area contributed by atoms with E-state index < -0.39 is 6.10 Å². The molecule has 114 valence electrons. The average Bonchev–Trinajstić information content (AvgIpc) is 2.45. The first-order valence-electron chi connectivity index (χ1n) is 6.74. The second kappa shape index (κ2) is 9.58. The lowest BCUT2D eigenvalue weighted by molar-refractivity contribution is 0.0642. The van der Waals surface area contributed by atoms with E-state index >= 15 is 0 Å². The maximum atomic E-state index is 9.71. The number of hydrogen-bond donors (Lipinski definition) is 1. The highest BCUT2D eigenvalue weighted by molar-refractivity contribution is 5.41. The van der Waals surface area contributed by atoms with Crippen LogP contribution in [0.4, 0.5) is 0 Å². The molecule has 1 aromatic carbocycles. The van der Waals surface area contributed by atoms with Crippen LogP contribution in [0.5, 0.6) is 11.5 Å². The Labute approximate surface area is 120 Å². The van der Waals surface area contributed by atoms with E-state index in [1.807, 2.05) is 12.1 Å². The molecular formula is C15H24O5. The van der Waals surface area contributed by atoms with E-state index in [-0.39, 0.29) is 0 Å². The summed E-state index contributed by atoms with van der Waals surface area (Å²) >= 11 is 0. The minimum Gasteiger partial charge on any atom is -0.497 e. The van der Waals surface area contributed by atoms with Gasteiger partial charge in [-0.2, -0.15) is 0 Å². The van der Waals surface area contributed by atoms with E-state index in [2.05, 4.69) is 0 Å². The van der Waals surface area contributed by atoms with Crippen LogP contribution in [0, 0.1) is 0 Å². The monoisotopic (exact) mass is 284 g/mol. The SMILES string of the molecule is COCCOCCCOc1cc(OC)ccc1C(C)O. The molecule has 0 aliphatic heterocycles. The number of ether oxygens (including phenoxy) is 4. The Morgan fingerprint density at radius 3 is 2.55 bits per heavy atom. The Kier molecular flexibility index (Phi) is 8.02. The van der Waals surface area contributed by atoms with Crippen molar-refractivity contribution in [1.82, 2.24) is 0 Å². The minimum atomic E-state index is -0.575. The zero-order valence-corrected chi connectivity index (χ0v) is 12.4. The van der Waals surface area contributed by atoms with E-state index in [1.165, 1.54) is 0 Å². The lowest BCUT2D eigenvalue weighted by Gasteiger charge is -2.14. The van der Waals surface area contributed by atoms with Crippen molar-refractivity contribution in [3.05, 3.63) is 23.8 Å². The lowest BCUT2D eigenvalue weighted by atomic mass is 10.1. The van der Waals surface area contributed by atoms with Crippen molar-refractivity contribution in [3.8, 4) is 11.5 Å². The van der Waals surface area contributed by atoms with Crippen molar-refractivity contribution < 1.29 is 24.1 Å². The topological polar surface area (TPSA) is 57.2 Å². The molecule has 1 N–H and O–H groups in total. The Morgan fingerprint density at radius 1 is 1.10 bits per heavy atom. The molecule has 0 radical (unpaired) electrons. The molecule has 5 heteroatoms. The van der Waals surface area contributed by atoms with E-state index in [0.29, 0.717) is 37.9 Å². The minimum absolute atomic E-state index is 0.528. The Bertz CT molecular complexity index is 379. The van der Waals surface area contributed by atoms with Crippen molar-refractivity contribution in [2.45, 2.75) is 19.4 Å². The van der Waals surface area contributed by atoms with Crippen LogP contribution in [0.2, 0.25) is 0 Å². The molecule has 1 aromatic rings. The van der Waals surface area contributed by atoms with E-state index in [9.17, 15) is 5.11 Å². The molecule has 0 fully saturated rings. The maximum Gasteiger partial charge on any atom is 0.128 e. The number of aliphatic hydroxyl groups is 1. The Balaban J connectivity index is 2.41. The summed E-state index contributed by atoms with van der Waals surface area (Å²) in [6, 6.07) is 5.41. The molecule has 0 aliphatic rings. The standard InChI is InChI=1S/C15H24O5/c1-12(16)14-6-5-13(18-3)11-15(14)20-8-4-7-19-10-9-17-2/h5-6,11-12,16H,4,7-10H2,1-3H3. The van der Waals surface area contributed by atoms with Crippen LogP contribution >= 0.6 is 0 Å². The van der Waals surface area contributed by atoms with Gasteiger partial charge < -0.3 is 24.1 Å². The van der Waals surface area contributed by atoms with Crippen LogP contribution in [0.3, 0.4) is 0 Å². The summed E-state index contributed by atoms with van der Waals surface area (Å²) < 4.78 is 21.1. The smallest absolute Gasteiger partial charge is 0.128 e. The largest absolute Gasteiger partial charge is 0.497 e. The van der Waals surface area contributed by atoms with Gasteiger partial charge in [-0.3, -0.25) is 0 Å². The molecule has 1 atom stereocenters. The van der Waals surface area contributed by atoms with Gasteiger partial charge in [-0.1, -0.05) is 0 Å². The number of methoxy groups -OCH3 is 2. The molecule has 0 aromatic heterocycles. The first-order chi connectivity index (χ1) is 9.69. The number of hydrogen-bond acceptors (Lipinski definition) is 5. The molecule has 0 saturated heterocycles. The first kappa shape index (κ1) is 16.8. The summed E-state index contributed by atoms with van der Waals surface area (Å²) in [5.41, 5.74) is 0.756. The molecule has 20 heavy (non-hydrogen) atoms. The van der Waals surface area contributed by atoms with Crippen LogP contribution in [0.25, 0.3) is 0 Å². The van der Waals surface area contributed by atoms with Crippen LogP contribution in [0.1, 0.15) is 25.0 Å². The van der Waals surface area contributed by atoms with Crippen LogP contribution in [0.15, 0.2) is 18.2 Å². The van der Waals surface area contributed by atoms with E-state index in [4.69, 9.17) is 18.9 Å². The van der Waals surface area contributed by atoms with Crippen molar-refractivity contribution in [2.75, 3.05) is 40.6 Å². The molecule has 0 heterocycles. The van der Waals surface area contributed by atoms with Crippen LogP contribution in [-0.2, 0) is 9.47 Å².